The van der Waals surface area contributed by atoms with Gasteiger partial charge in [-0.1, -0.05) is 42.5 Å². The lowest BCUT2D eigenvalue weighted by Crippen LogP contribution is -2.17. The van der Waals surface area contributed by atoms with Crippen LogP contribution in [-0.4, -0.2) is 24.0 Å². The van der Waals surface area contributed by atoms with Gasteiger partial charge in [0.15, 0.2) is 0 Å². The van der Waals surface area contributed by atoms with Crippen LogP contribution in [0, 0.1) is 6.92 Å². The summed E-state index contributed by atoms with van der Waals surface area (Å²) in [6, 6.07) is 21.7. The number of carbonyl (C=O) groups is 2. The predicted octanol–water partition coefficient (Wildman–Crippen LogP) is 5.42. The molecule has 6 heteroatoms. The molecule has 1 heterocycles. The highest BCUT2D eigenvalue weighted by molar-refractivity contribution is 6.10. The van der Waals surface area contributed by atoms with E-state index in [4.69, 9.17) is 9.47 Å². The summed E-state index contributed by atoms with van der Waals surface area (Å²) < 4.78 is 10.7. The van der Waals surface area contributed by atoms with E-state index in [1.165, 1.54) is 6.08 Å². The second kappa shape index (κ2) is 9.78. The summed E-state index contributed by atoms with van der Waals surface area (Å²) in [5, 5.41) is 3.81. The third kappa shape index (κ3) is 5.07. The van der Waals surface area contributed by atoms with Crippen LogP contribution in [0.1, 0.15) is 21.5 Å². The molecule has 4 rings (SSSR count). The molecule has 0 aliphatic carbocycles. The quantitative estimate of drug-likeness (QED) is 0.247. The normalized spacial score (nSPS) is 10.8. The van der Waals surface area contributed by atoms with Crippen LogP contribution in [0.4, 0.5) is 5.69 Å². The maximum Gasteiger partial charge on any atom is 0.336 e. The number of fused-ring (bicyclic) bond motifs is 1. The first-order chi connectivity index (χ1) is 16.0. The van der Waals surface area contributed by atoms with E-state index < -0.39 is 5.97 Å². The van der Waals surface area contributed by atoms with Gasteiger partial charge in [0.25, 0.3) is 5.91 Å². The minimum Gasteiger partial charge on any atom is -0.497 e. The van der Waals surface area contributed by atoms with Gasteiger partial charge in [-0.2, -0.15) is 0 Å². The number of aryl methyl sites for hydroxylation is 1. The second-order valence-electron chi connectivity index (χ2n) is 7.31. The van der Waals surface area contributed by atoms with E-state index in [-0.39, 0.29) is 17.2 Å². The smallest absolute Gasteiger partial charge is 0.336 e. The fourth-order valence-corrected chi connectivity index (χ4v) is 3.46. The van der Waals surface area contributed by atoms with Gasteiger partial charge in [-0.25, -0.2) is 4.79 Å². The zero-order valence-electron chi connectivity index (χ0n) is 18.2. The van der Waals surface area contributed by atoms with E-state index in [0.717, 1.165) is 10.9 Å². The summed E-state index contributed by atoms with van der Waals surface area (Å²) in [6.07, 6.45) is 4.61. The summed E-state index contributed by atoms with van der Waals surface area (Å²) in [4.78, 5) is 30.0. The Hall–Kier alpha value is -4.45. The first kappa shape index (κ1) is 21.8. The number of hydrogen-bond donors (Lipinski definition) is 1. The topological polar surface area (TPSA) is 77.5 Å². The van der Waals surface area contributed by atoms with Gasteiger partial charge >= 0.3 is 5.97 Å². The van der Waals surface area contributed by atoms with Crippen LogP contribution in [0.5, 0.6) is 11.5 Å². The highest BCUT2D eigenvalue weighted by atomic mass is 16.5. The molecule has 0 radical (unpaired) electrons. The zero-order chi connectivity index (χ0) is 23.2. The average Bonchev–Trinajstić information content (AvgIpc) is 2.83. The Labute approximate surface area is 191 Å². The molecule has 0 saturated carbocycles. The Morgan fingerprint density at radius 2 is 1.76 bits per heavy atom. The van der Waals surface area contributed by atoms with Crippen LogP contribution in [-0.2, 0) is 4.79 Å². The Balaban J connectivity index is 1.56. The van der Waals surface area contributed by atoms with E-state index in [9.17, 15) is 9.59 Å². The Morgan fingerprint density at radius 1 is 0.970 bits per heavy atom. The highest BCUT2D eigenvalue weighted by Crippen LogP contribution is 2.26. The van der Waals surface area contributed by atoms with E-state index in [0.29, 0.717) is 22.5 Å². The van der Waals surface area contributed by atoms with Gasteiger partial charge in [0.2, 0.25) is 0 Å². The summed E-state index contributed by atoms with van der Waals surface area (Å²) >= 11 is 0. The van der Waals surface area contributed by atoms with Crippen molar-refractivity contribution >= 4 is 34.5 Å². The van der Waals surface area contributed by atoms with Crippen molar-refractivity contribution in [3.05, 3.63) is 102 Å². The number of rotatable bonds is 6. The third-order valence-electron chi connectivity index (χ3n) is 5.06. The Morgan fingerprint density at radius 3 is 2.61 bits per heavy atom. The van der Waals surface area contributed by atoms with Crippen molar-refractivity contribution in [2.45, 2.75) is 6.92 Å². The van der Waals surface area contributed by atoms with Gasteiger partial charge in [0.1, 0.15) is 11.5 Å². The highest BCUT2D eigenvalue weighted by Gasteiger charge is 2.18. The molecule has 0 aliphatic rings. The number of ether oxygens (including phenoxy) is 2. The van der Waals surface area contributed by atoms with Crippen molar-refractivity contribution in [3.63, 3.8) is 0 Å². The number of anilines is 1. The van der Waals surface area contributed by atoms with Gasteiger partial charge in [-0.3, -0.25) is 9.78 Å². The van der Waals surface area contributed by atoms with Gasteiger partial charge in [-0.05, 0) is 54.5 Å². The van der Waals surface area contributed by atoms with Crippen LogP contribution < -0.4 is 14.8 Å². The molecule has 0 saturated heterocycles. The fraction of sp³-hybridized carbons (Fsp3) is 0.0741. The minimum absolute atomic E-state index is 0.181. The van der Waals surface area contributed by atoms with Crippen LogP contribution in [0.3, 0.4) is 0 Å². The van der Waals surface area contributed by atoms with E-state index >= 15 is 0 Å². The molecule has 0 spiro atoms. The summed E-state index contributed by atoms with van der Waals surface area (Å²) in [7, 11) is 1.58. The number of methoxy groups -OCH3 is 1. The molecule has 6 nitrogen and oxygen atoms in total. The van der Waals surface area contributed by atoms with Crippen LogP contribution >= 0.6 is 0 Å². The standard InChI is InChI=1S/C27H22N2O4/c1-18-7-3-13-23(33-24(30)15-14-19-8-4-11-21(17-19)32-2)25(18)27(31)29-22-12-5-9-20-10-6-16-28-26(20)22/h3-17H,1-2H3,(H,29,31)/b15-14+. The predicted molar refractivity (Wildman–Crippen MR) is 129 cm³/mol. The van der Waals surface area contributed by atoms with Crippen LogP contribution in [0.25, 0.3) is 17.0 Å². The van der Waals surface area contributed by atoms with Crippen molar-refractivity contribution in [3.8, 4) is 11.5 Å². The zero-order valence-corrected chi connectivity index (χ0v) is 18.2. The number of esters is 1. The third-order valence-corrected chi connectivity index (χ3v) is 5.06. The maximum atomic E-state index is 13.2. The van der Waals surface area contributed by atoms with E-state index in [2.05, 4.69) is 10.3 Å². The molecular weight excluding hydrogens is 416 g/mol. The SMILES string of the molecule is COc1cccc(/C=C/C(=O)Oc2cccc(C)c2C(=O)Nc2cccc3cccnc23)c1. The minimum atomic E-state index is -0.593. The van der Waals surface area contributed by atoms with Crippen molar-refractivity contribution in [2.75, 3.05) is 12.4 Å². The summed E-state index contributed by atoms with van der Waals surface area (Å²) in [5.41, 5.74) is 3.02. The number of nitrogens with one attached hydrogen (secondary N) is 1. The molecule has 0 aliphatic heterocycles. The molecule has 1 N–H and O–H groups in total. The van der Waals surface area contributed by atoms with Crippen LogP contribution in [0.15, 0.2) is 85.1 Å². The molecule has 0 bridgehead atoms. The monoisotopic (exact) mass is 438 g/mol. The lowest BCUT2D eigenvalue weighted by atomic mass is 10.1. The molecule has 4 aromatic rings. The van der Waals surface area contributed by atoms with Crippen molar-refractivity contribution < 1.29 is 19.1 Å². The van der Waals surface area contributed by atoms with Crippen LogP contribution in [0.2, 0.25) is 0 Å². The van der Waals surface area contributed by atoms with Crippen molar-refractivity contribution in [1.29, 1.82) is 0 Å². The van der Waals surface area contributed by atoms with Gasteiger partial charge < -0.3 is 14.8 Å². The van der Waals surface area contributed by atoms with Crippen molar-refractivity contribution in [1.82, 2.24) is 4.98 Å². The largest absolute Gasteiger partial charge is 0.497 e. The fourth-order valence-electron chi connectivity index (χ4n) is 3.46. The molecule has 0 fully saturated rings. The number of carbonyl (C=O) groups excluding carboxylic acids is 2. The van der Waals surface area contributed by atoms with E-state index in [1.807, 2.05) is 42.5 Å². The number of benzene rings is 3. The number of nitrogens with zero attached hydrogens (tertiary/aromatic N) is 1. The molecule has 0 atom stereocenters. The maximum absolute atomic E-state index is 13.2. The molecule has 1 amide bonds. The Kier molecular flexibility index (Phi) is 6.45. The average molecular weight is 438 g/mol. The van der Waals surface area contributed by atoms with Gasteiger partial charge in [0.05, 0.1) is 23.9 Å². The summed E-state index contributed by atoms with van der Waals surface area (Å²) in [5.74, 6) is -0.109. The molecule has 0 unspecified atom stereocenters. The second-order valence-corrected chi connectivity index (χ2v) is 7.31. The van der Waals surface area contributed by atoms with Gasteiger partial charge in [-0.15, -0.1) is 0 Å². The first-order valence-corrected chi connectivity index (χ1v) is 10.3. The molecule has 33 heavy (non-hydrogen) atoms. The number of amides is 1. The number of para-hydroxylation sites is 1. The molecule has 1 aromatic heterocycles. The molecular formula is C27H22N2O4. The molecule has 164 valence electrons. The summed E-state index contributed by atoms with van der Waals surface area (Å²) in [6.45, 7) is 1.79. The van der Waals surface area contributed by atoms with E-state index in [1.54, 1.807) is 56.6 Å². The van der Waals surface area contributed by atoms with Crippen molar-refractivity contribution in [2.24, 2.45) is 0 Å². The van der Waals surface area contributed by atoms with Gasteiger partial charge in [0, 0.05) is 17.7 Å². The number of aromatic nitrogens is 1. The first-order valence-electron chi connectivity index (χ1n) is 10.3. The number of hydrogen-bond acceptors (Lipinski definition) is 5. The molecule has 3 aromatic carbocycles. The Bertz CT molecular complexity index is 1360. The lowest BCUT2D eigenvalue weighted by molar-refractivity contribution is -0.128. The lowest BCUT2D eigenvalue weighted by Gasteiger charge is -2.13. The number of pyridine rings is 1.